The van der Waals surface area contributed by atoms with Gasteiger partial charge < -0.3 is 4.74 Å². The average molecular weight is 799 g/mol. The van der Waals surface area contributed by atoms with Crippen LogP contribution in [0.1, 0.15) is 257 Å². The maximum absolute atomic E-state index is 7.02. The molecule has 4 rings (SSSR count). The zero-order valence-corrected chi connectivity index (χ0v) is 39.5. The standard InChI is InChI=1S/C53H90N4O/c1-9-14-19-24-28-32-37-52(38-33-29-25-20-15-10-2)54-47-43(7)42(6)45-46(50(47)57-52)51(58-41-36-23-18-13-5)44(8)48-49(45)56-53(55-48,39-34-30-26-21-16-11-3)40-35-31-27-22-17-12-4/h9-41H2,1-8H3. The van der Waals surface area contributed by atoms with Crippen molar-refractivity contribution in [2.24, 2.45) is 20.0 Å². The summed E-state index contributed by atoms with van der Waals surface area (Å²) in [6.45, 7) is 19.2. The first kappa shape index (κ1) is 48.4. The molecule has 2 aliphatic rings. The van der Waals surface area contributed by atoms with Gasteiger partial charge in [-0.05, 0) is 89.7 Å². The molecule has 5 nitrogen and oxygen atoms in total. The van der Waals surface area contributed by atoms with Crippen LogP contribution in [0.15, 0.2) is 20.0 Å². The molecule has 0 unspecified atom stereocenters. The molecule has 0 N–H and O–H groups in total. The van der Waals surface area contributed by atoms with E-state index in [4.69, 9.17) is 24.7 Å². The van der Waals surface area contributed by atoms with Crippen LogP contribution in [0, 0.1) is 20.8 Å². The lowest BCUT2D eigenvalue weighted by Crippen LogP contribution is -2.34. The predicted molar refractivity (Wildman–Crippen MR) is 250 cm³/mol. The second-order valence-electron chi connectivity index (χ2n) is 18.7. The van der Waals surface area contributed by atoms with Crippen LogP contribution < -0.4 is 26.2 Å². The van der Waals surface area contributed by atoms with E-state index >= 15 is 0 Å². The molecule has 0 amide bonds. The highest BCUT2D eigenvalue weighted by Crippen LogP contribution is 2.35. The Morgan fingerprint density at radius 2 is 0.638 bits per heavy atom. The van der Waals surface area contributed by atoms with Crippen LogP contribution in [0.3, 0.4) is 0 Å². The number of benzene rings is 2. The molecule has 0 radical (unpaired) electrons. The molecule has 2 aromatic carbocycles. The predicted octanol–water partition coefficient (Wildman–Crippen LogP) is 14.6. The van der Waals surface area contributed by atoms with E-state index in [1.165, 1.54) is 201 Å². The normalized spacial score (nSPS) is 14.9. The van der Waals surface area contributed by atoms with Gasteiger partial charge in [-0.2, -0.15) is 0 Å². The first-order valence-electron chi connectivity index (χ1n) is 25.5. The minimum absolute atomic E-state index is 0.379. The molecule has 58 heavy (non-hydrogen) atoms. The summed E-state index contributed by atoms with van der Waals surface area (Å²) in [6.07, 6.45) is 40.0. The highest BCUT2D eigenvalue weighted by molar-refractivity contribution is 5.92. The van der Waals surface area contributed by atoms with Gasteiger partial charge in [0, 0.05) is 10.9 Å². The van der Waals surface area contributed by atoms with Crippen molar-refractivity contribution in [3.05, 3.63) is 38.1 Å². The fourth-order valence-electron chi connectivity index (χ4n) is 9.78. The molecule has 0 atom stereocenters. The summed E-state index contributed by atoms with van der Waals surface area (Å²) >= 11 is 0. The van der Waals surface area contributed by atoms with Gasteiger partial charge in [-0.15, -0.1) is 0 Å². The smallest absolute Gasteiger partial charge is 0.151 e. The Morgan fingerprint density at radius 3 is 1.03 bits per heavy atom. The van der Waals surface area contributed by atoms with Crippen molar-refractivity contribution in [3.63, 3.8) is 0 Å². The number of fused-ring (bicyclic) bond motifs is 5. The second-order valence-corrected chi connectivity index (χ2v) is 18.7. The Kier molecular flexibility index (Phi) is 21.8. The summed E-state index contributed by atoms with van der Waals surface area (Å²) in [5.41, 5.74) is 2.98. The molecule has 2 heterocycles. The Hall–Kier alpha value is -2.30. The highest BCUT2D eigenvalue weighted by Gasteiger charge is 2.36. The van der Waals surface area contributed by atoms with Gasteiger partial charge in [-0.1, -0.05) is 182 Å². The first-order valence-corrected chi connectivity index (χ1v) is 25.5. The van der Waals surface area contributed by atoms with Crippen molar-refractivity contribution in [2.45, 2.75) is 272 Å². The van der Waals surface area contributed by atoms with Crippen molar-refractivity contribution >= 4 is 10.8 Å². The number of hydrogen-bond acceptors (Lipinski definition) is 5. The van der Waals surface area contributed by atoms with Crippen LogP contribution in [0.5, 0.6) is 5.75 Å². The van der Waals surface area contributed by atoms with Crippen LogP contribution in [-0.2, 0) is 0 Å². The molecule has 0 aromatic heterocycles. The molecule has 5 heteroatoms. The molecule has 0 aliphatic carbocycles. The van der Waals surface area contributed by atoms with Crippen molar-refractivity contribution in [1.29, 1.82) is 0 Å². The largest absolute Gasteiger partial charge is 0.492 e. The van der Waals surface area contributed by atoms with Gasteiger partial charge in [0.25, 0.3) is 0 Å². The van der Waals surface area contributed by atoms with E-state index in [9.17, 15) is 0 Å². The van der Waals surface area contributed by atoms with Crippen molar-refractivity contribution < 1.29 is 4.74 Å². The Balaban J connectivity index is 1.86. The molecule has 0 spiro atoms. The summed E-state index contributed by atoms with van der Waals surface area (Å²) in [7, 11) is 0. The van der Waals surface area contributed by atoms with Crippen LogP contribution >= 0.6 is 0 Å². The Bertz CT molecular complexity index is 1700. The van der Waals surface area contributed by atoms with Gasteiger partial charge in [0.05, 0.1) is 33.4 Å². The van der Waals surface area contributed by atoms with Gasteiger partial charge >= 0.3 is 0 Å². The number of unbranched alkanes of at least 4 members (excludes halogenated alkanes) is 23. The fraction of sp³-hybridized carbons (Fsp3) is 0.811. The van der Waals surface area contributed by atoms with Crippen molar-refractivity contribution in [2.75, 3.05) is 6.61 Å². The zero-order chi connectivity index (χ0) is 41.6. The maximum Gasteiger partial charge on any atom is 0.151 e. The van der Waals surface area contributed by atoms with Crippen LogP contribution in [0.25, 0.3) is 10.8 Å². The topological polar surface area (TPSA) is 58.7 Å². The quantitative estimate of drug-likeness (QED) is 0.0651. The molecule has 0 saturated heterocycles. The monoisotopic (exact) mass is 799 g/mol. The summed E-state index contributed by atoms with van der Waals surface area (Å²) < 4.78 is 7.02. The number of ether oxygens (including phenoxy) is 1. The lowest BCUT2D eigenvalue weighted by atomic mass is 9.95. The summed E-state index contributed by atoms with van der Waals surface area (Å²) in [5, 5.41) is 6.84. The summed E-state index contributed by atoms with van der Waals surface area (Å²) in [5.74, 6) is 1.01. The molecular weight excluding hydrogens is 709 g/mol. The first-order chi connectivity index (χ1) is 28.3. The third kappa shape index (κ3) is 13.6. The maximum atomic E-state index is 7.02. The van der Waals surface area contributed by atoms with E-state index in [1.54, 1.807) is 0 Å². The number of aryl methyl sites for hydroxylation is 1. The summed E-state index contributed by atoms with van der Waals surface area (Å²) in [4.78, 5) is 23.2. The van der Waals surface area contributed by atoms with Gasteiger partial charge in [0.2, 0.25) is 0 Å². The highest BCUT2D eigenvalue weighted by atomic mass is 16.5. The lowest BCUT2D eigenvalue weighted by Gasteiger charge is -2.23. The number of nitrogens with zero attached hydrogens (tertiary/aromatic N) is 4. The second kappa shape index (κ2) is 26.1. The molecule has 0 fully saturated rings. The van der Waals surface area contributed by atoms with E-state index < -0.39 is 0 Å². The molecule has 2 aliphatic heterocycles. The molecular formula is C53H90N4O. The van der Waals surface area contributed by atoms with E-state index in [0.29, 0.717) is 0 Å². The zero-order valence-electron chi connectivity index (χ0n) is 39.5. The average Bonchev–Trinajstić information content (AvgIpc) is 3.80. The van der Waals surface area contributed by atoms with Gasteiger partial charge in [-0.25, -0.2) is 0 Å². The minimum Gasteiger partial charge on any atom is -0.492 e. The molecule has 328 valence electrons. The number of rotatable bonds is 34. The van der Waals surface area contributed by atoms with Gasteiger partial charge in [0.15, 0.2) is 11.3 Å². The van der Waals surface area contributed by atoms with Crippen LogP contribution in [0.2, 0.25) is 0 Å². The minimum atomic E-state index is -0.379. The van der Waals surface area contributed by atoms with Crippen molar-refractivity contribution in [1.82, 2.24) is 0 Å². The van der Waals surface area contributed by atoms with Gasteiger partial charge in [-0.3, -0.25) is 20.0 Å². The van der Waals surface area contributed by atoms with E-state index in [1.807, 2.05) is 0 Å². The lowest BCUT2D eigenvalue weighted by molar-refractivity contribution is 0.305. The molecule has 0 saturated carbocycles. The third-order valence-electron chi connectivity index (χ3n) is 13.6. The van der Waals surface area contributed by atoms with Crippen LogP contribution in [0.4, 0.5) is 0 Å². The van der Waals surface area contributed by atoms with Crippen LogP contribution in [-0.4, -0.2) is 17.9 Å². The SMILES string of the molecule is CCCCCCCCC1(CCCCCCCC)N=c2c(C)c(OCCCCCC)c3c4c(c(C)c(C)c3c2=N1)=NC(CCCCCCCC)(CCCCCCCC)N=4. The third-order valence-corrected chi connectivity index (χ3v) is 13.6. The Morgan fingerprint density at radius 1 is 0.328 bits per heavy atom. The molecule has 2 aromatic rings. The Labute approximate surface area is 356 Å². The van der Waals surface area contributed by atoms with E-state index in [-0.39, 0.29) is 11.3 Å². The van der Waals surface area contributed by atoms with E-state index in [2.05, 4.69) is 55.4 Å². The van der Waals surface area contributed by atoms with E-state index in [0.717, 1.165) is 65.9 Å². The fourth-order valence-corrected chi connectivity index (χ4v) is 9.78. The van der Waals surface area contributed by atoms with Crippen molar-refractivity contribution in [3.8, 4) is 5.75 Å². The summed E-state index contributed by atoms with van der Waals surface area (Å²) in [6, 6.07) is 0. The van der Waals surface area contributed by atoms with Gasteiger partial charge in [0.1, 0.15) is 5.75 Å². The number of hydrogen-bond donors (Lipinski definition) is 0. The molecule has 0 bridgehead atoms.